The third kappa shape index (κ3) is 12.0. The first-order valence-electron chi connectivity index (χ1n) is 19.2. The number of hydrogen-bond acceptors (Lipinski definition) is 9. The molecule has 0 atom stereocenters. The topological polar surface area (TPSA) is 108 Å². The molecule has 3 amide bonds. The van der Waals surface area contributed by atoms with Crippen LogP contribution in [0.1, 0.15) is 55.7 Å². The SMILES string of the molecule is C=N/C=C\C(=N/CNC(/C=C\CCN1CCN(CC2CCN(C3=CCC=C(N4CCC(=O)NC4=O)C=C3)CC2)CC1)=C/C)c1ccc(CNC)c(C)c1. The number of carbonyl (C=O) groups excluding carboxylic acids is 2. The standard InChI is InChI=1S/C42H59N9O2/c1-5-37(45-32-46-40(16-20-43-3)35-12-13-36(30-44-4)33(2)29-35)9-6-7-21-48-25-27-49(28-26-48)31-34-17-22-50(23-18-34)38-10-8-11-39(15-14-38)51-24-19-41(52)47-42(51)53/h5-6,9-16,20,29,34,44-45H,3,7-8,17-19,21-28,30-32H2,1-2,4H3,(H,47,52,53)/b9-6-,20-16-,37-5+,46-40+. The molecule has 11 heteroatoms. The molecule has 1 aliphatic carbocycles. The molecule has 3 aliphatic heterocycles. The number of likely N-dealkylation sites (tertiary alicyclic amines) is 1. The van der Waals surface area contributed by atoms with E-state index in [1.54, 1.807) is 11.1 Å². The van der Waals surface area contributed by atoms with Crippen LogP contribution < -0.4 is 16.0 Å². The normalized spacial score (nSPS) is 20.2. The van der Waals surface area contributed by atoms with Crippen molar-refractivity contribution in [2.24, 2.45) is 15.9 Å². The molecule has 0 bridgehead atoms. The number of benzene rings is 1. The zero-order valence-electron chi connectivity index (χ0n) is 32.0. The van der Waals surface area contributed by atoms with Crippen molar-refractivity contribution in [3.63, 3.8) is 0 Å². The number of allylic oxidation sites excluding steroid dienone is 7. The Hall–Kier alpha value is -4.58. The van der Waals surface area contributed by atoms with E-state index in [4.69, 9.17) is 4.99 Å². The van der Waals surface area contributed by atoms with Gasteiger partial charge >= 0.3 is 6.03 Å². The molecular weight excluding hydrogens is 663 g/mol. The smallest absolute Gasteiger partial charge is 0.328 e. The number of urea groups is 1. The number of nitrogens with one attached hydrogen (secondary N) is 3. The predicted molar refractivity (Wildman–Crippen MR) is 217 cm³/mol. The van der Waals surface area contributed by atoms with E-state index in [1.165, 1.54) is 36.2 Å². The molecule has 0 spiro atoms. The summed E-state index contributed by atoms with van der Waals surface area (Å²) in [7, 11) is 1.96. The number of aryl methyl sites for hydroxylation is 1. The lowest BCUT2D eigenvalue weighted by Gasteiger charge is -2.39. The summed E-state index contributed by atoms with van der Waals surface area (Å²) in [5, 5.41) is 9.10. The summed E-state index contributed by atoms with van der Waals surface area (Å²) >= 11 is 0. The largest absolute Gasteiger partial charge is 0.372 e. The lowest BCUT2D eigenvalue weighted by atomic mass is 9.95. The first-order valence-corrected chi connectivity index (χ1v) is 19.2. The van der Waals surface area contributed by atoms with Gasteiger partial charge in [-0.25, -0.2) is 4.79 Å². The Morgan fingerprint density at radius 3 is 2.47 bits per heavy atom. The maximum atomic E-state index is 12.3. The van der Waals surface area contributed by atoms with Gasteiger partial charge in [0.15, 0.2) is 0 Å². The van der Waals surface area contributed by atoms with Crippen LogP contribution in [0.3, 0.4) is 0 Å². The van der Waals surface area contributed by atoms with E-state index in [0.29, 0.717) is 19.6 Å². The summed E-state index contributed by atoms with van der Waals surface area (Å²) in [5.41, 5.74) is 7.61. The van der Waals surface area contributed by atoms with Gasteiger partial charge in [-0.05, 0) is 101 Å². The molecule has 0 saturated carbocycles. The van der Waals surface area contributed by atoms with Crippen molar-refractivity contribution in [2.45, 2.75) is 52.5 Å². The number of rotatable bonds is 16. The minimum absolute atomic E-state index is 0.203. The lowest BCUT2D eigenvalue weighted by Crippen LogP contribution is -2.48. The van der Waals surface area contributed by atoms with Crippen molar-refractivity contribution >= 4 is 24.4 Å². The monoisotopic (exact) mass is 721 g/mol. The van der Waals surface area contributed by atoms with Crippen molar-refractivity contribution in [3.8, 4) is 0 Å². The van der Waals surface area contributed by atoms with Crippen LogP contribution >= 0.6 is 0 Å². The zero-order valence-corrected chi connectivity index (χ0v) is 32.0. The van der Waals surface area contributed by atoms with Crippen LogP contribution in [-0.2, 0) is 11.3 Å². The molecule has 11 nitrogen and oxygen atoms in total. The highest BCUT2D eigenvalue weighted by atomic mass is 16.2. The van der Waals surface area contributed by atoms with Gasteiger partial charge in [0, 0.05) is 101 Å². The Morgan fingerprint density at radius 2 is 1.75 bits per heavy atom. The second kappa shape index (κ2) is 20.6. The first kappa shape index (κ1) is 39.6. The third-order valence-corrected chi connectivity index (χ3v) is 10.5. The van der Waals surface area contributed by atoms with E-state index in [2.05, 4.69) is 104 Å². The molecule has 1 aromatic carbocycles. The Balaban J connectivity index is 0.979. The fraction of sp³-hybridized carbons (Fsp3) is 0.476. The minimum atomic E-state index is -0.327. The quantitative estimate of drug-likeness (QED) is 0.161. The first-order chi connectivity index (χ1) is 25.9. The van der Waals surface area contributed by atoms with Crippen LogP contribution in [0, 0.1) is 12.8 Å². The second-order valence-corrected chi connectivity index (χ2v) is 14.1. The molecule has 1 aromatic rings. The minimum Gasteiger partial charge on any atom is -0.372 e. The highest BCUT2D eigenvalue weighted by Crippen LogP contribution is 2.25. The highest BCUT2D eigenvalue weighted by molar-refractivity contribution is 6.08. The van der Waals surface area contributed by atoms with Gasteiger partial charge in [-0.2, -0.15) is 0 Å². The zero-order chi connectivity index (χ0) is 37.4. The maximum Gasteiger partial charge on any atom is 0.328 e. The Bertz CT molecular complexity index is 1640. The van der Waals surface area contributed by atoms with Gasteiger partial charge in [-0.3, -0.25) is 25.0 Å². The molecule has 0 unspecified atom stereocenters. The molecule has 5 rings (SSSR count). The molecule has 3 fully saturated rings. The van der Waals surface area contributed by atoms with Crippen molar-refractivity contribution in [1.82, 2.24) is 35.6 Å². The lowest BCUT2D eigenvalue weighted by molar-refractivity contribution is -0.121. The molecule has 3 saturated heterocycles. The predicted octanol–water partition coefficient (Wildman–Crippen LogP) is 5.11. The van der Waals surface area contributed by atoms with Crippen molar-refractivity contribution in [1.29, 1.82) is 0 Å². The molecule has 4 aliphatic rings. The molecule has 3 N–H and O–H groups in total. The Labute approximate surface area is 316 Å². The van der Waals surface area contributed by atoms with Crippen LogP contribution in [0.2, 0.25) is 0 Å². The summed E-state index contributed by atoms with van der Waals surface area (Å²) in [6, 6.07) is 6.12. The van der Waals surface area contributed by atoms with E-state index in [9.17, 15) is 9.59 Å². The average Bonchev–Trinajstić information content (AvgIpc) is 3.42. The van der Waals surface area contributed by atoms with Crippen LogP contribution in [0.4, 0.5) is 4.79 Å². The molecule has 284 valence electrons. The number of imide groups is 1. The molecule has 53 heavy (non-hydrogen) atoms. The maximum absolute atomic E-state index is 12.3. The number of carbonyl (C=O) groups is 2. The fourth-order valence-corrected chi connectivity index (χ4v) is 7.33. The van der Waals surface area contributed by atoms with Crippen LogP contribution in [0.15, 0.2) is 100 Å². The van der Waals surface area contributed by atoms with Gasteiger partial charge in [0.1, 0.15) is 6.67 Å². The van der Waals surface area contributed by atoms with E-state index in [-0.39, 0.29) is 11.9 Å². The average molecular weight is 722 g/mol. The second-order valence-electron chi connectivity index (χ2n) is 14.1. The summed E-state index contributed by atoms with van der Waals surface area (Å²) < 4.78 is 0. The van der Waals surface area contributed by atoms with Gasteiger partial charge in [-0.15, -0.1) is 0 Å². The van der Waals surface area contributed by atoms with E-state index < -0.39 is 0 Å². The molecule has 0 radical (unpaired) electrons. The number of aliphatic imine (C=N–C) groups is 2. The number of piperidine rings is 1. The summed E-state index contributed by atoms with van der Waals surface area (Å²) in [6.45, 7) is 18.4. The molecular formula is C42H59N9O2. The van der Waals surface area contributed by atoms with Gasteiger partial charge < -0.3 is 25.3 Å². The molecule has 0 aromatic heterocycles. The number of piperazine rings is 1. The van der Waals surface area contributed by atoms with Crippen molar-refractivity contribution in [3.05, 3.63) is 107 Å². The Morgan fingerprint density at radius 1 is 1.00 bits per heavy atom. The number of nitrogens with zero attached hydrogens (tertiary/aromatic N) is 6. The number of amides is 3. The van der Waals surface area contributed by atoms with E-state index in [0.717, 1.165) is 93.8 Å². The van der Waals surface area contributed by atoms with Crippen molar-refractivity contribution in [2.75, 3.05) is 72.6 Å². The molecule has 3 heterocycles. The Kier molecular flexibility index (Phi) is 15.4. The van der Waals surface area contributed by atoms with E-state index >= 15 is 0 Å². The summed E-state index contributed by atoms with van der Waals surface area (Å²) in [5.74, 6) is 0.528. The van der Waals surface area contributed by atoms with Crippen molar-refractivity contribution < 1.29 is 9.59 Å². The number of hydrogen-bond donors (Lipinski definition) is 3. The summed E-state index contributed by atoms with van der Waals surface area (Å²) in [6.07, 6.45) is 23.1. The van der Waals surface area contributed by atoms with Crippen LogP contribution in [0.5, 0.6) is 0 Å². The van der Waals surface area contributed by atoms with Gasteiger partial charge in [-0.1, -0.05) is 36.4 Å². The van der Waals surface area contributed by atoms with Gasteiger partial charge in [0.2, 0.25) is 5.91 Å². The highest BCUT2D eigenvalue weighted by Gasteiger charge is 2.27. The third-order valence-electron chi connectivity index (χ3n) is 10.5. The van der Waals surface area contributed by atoms with Crippen LogP contribution in [-0.4, -0.2) is 117 Å². The van der Waals surface area contributed by atoms with Crippen LogP contribution in [0.25, 0.3) is 0 Å². The van der Waals surface area contributed by atoms with Gasteiger partial charge in [0.25, 0.3) is 0 Å². The summed E-state index contributed by atoms with van der Waals surface area (Å²) in [4.78, 5) is 42.0. The van der Waals surface area contributed by atoms with Gasteiger partial charge in [0.05, 0.1) is 5.71 Å². The fourth-order valence-electron chi connectivity index (χ4n) is 7.33. The van der Waals surface area contributed by atoms with E-state index in [1.807, 2.05) is 26.1 Å².